The Balaban J connectivity index is 2.38. The Morgan fingerprint density at radius 1 is 1.33 bits per heavy atom. The molecule has 0 spiro atoms. The number of nitrogens with zero attached hydrogens (tertiary/aromatic N) is 2. The van der Waals surface area contributed by atoms with Crippen LogP contribution in [-0.2, 0) is 6.42 Å². The lowest BCUT2D eigenvalue weighted by atomic mass is 10.1. The fourth-order valence-electron chi connectivity index (χ4n) is 1.67. The number of benzene rings is 1. The summed E-state index contributed by atoms with van der Waals surface area (Å²) in [4.78, 5) is 0. The Morgan fingerprint density at radius 2 is 2.13 bits per heavy atom. The number of rotatable bonds is 3. The van der Waals surface area contributed by atoms with E-state index in [-0.39, 0.29) is 6.04 Å². The molecular formula is C12H15N3. The molecule has 2 N–H and O–H groups in total. The molecule has 1 aromatic heterocycles. The first-order valence-electron chi connectivity index (χ1n) is 5.11. The summed E-state index contributed by atoms with van der Waals surface area (Å²) in [5, 5.41) is 4.23. The molecule has 1 aromatic carbocycles. The molecule has 1 heterocycles. The van der Waals surface area contributed by atoms with Crippen LogP contribution in [-0.4, -0.2) is 15.8 Å². The number of hydrogen-bond acceptors (Lipinski definition) is 2. The summed E-state index contributed by atoms with van der Waals surface area (Å²) >= 11 is 0. The summed E-state index contributed by atoms with van der Waals surface area (Å²) in [6, 6.07) is 10.3. The molecule has 0 saturated carbocycles. The number of aromatic nitrogens is 2. The second kappa shape index (κ2) is 4.28. The molecule has 78 valence electrons. The average Bonchev–Trinajstić information content (AvgIpc) is 2.70. The van der Waals surface area contributed by atoms with Gasteiger partial charge < -0.3 is 5.73 Å². The van der Waals surface area contributed by atoms with Crippen LogP contribution in [0.5, 0.6) is 0 Å². The smallest absolute Gasteiger partial charge is 0.0678 e. The minimum atomic E-state index is 0.168. The summed E-state index contributed by atoms with van der Waals surface area (Å²) in [5.41, 5.74) is 8.16. The maximum absolute atomic E-state index is 5.82. The van der Waals surface area contributed by atoms with Crippen LogP contribution in [0.25, 0.3) is 5.69 Å². The molecule has 0 aliphatic rings. The van der Waals surface area contributed by atoms with E-state index in [0.717, 1.165) is 12.1 Å². The molecule has 15 heavy (non-hydrogen) atoms. The second-order valence-electron chi connectivity index (χ2n) is 3.76. The van der Waals surface area contributed by atoms with Crippen molar-refractivity contribution in [3.8, 4) is 5.69 Å². The Hall–Kier alpha value is -1.61. The van der Waals surface area contributed by atoms with Gasteiger partial charge in [0.15, 0.2) is 0 Å². The third kappa shape index (κ3) is 2.25. The molecule has 1 atom stereocenters. The predicted molar refractivity (Wildman–Crippen MR) is 60.9 cm³/mol. The van der Waals surface area contributed by atoms with Crippen molar-refractivity contribution >= 4 is 0 Å². The highest BCUT2D eigenvalue weighted by molar-refractivity contribution is 5.40. The highest BCUT2D eigenvalue weighted by atomic mass is 15.3. The van der Waals surface area contributed by atoms with E-state index < -0.39 is 0 Å². The lowest BCUT2D eigenvalue weighted by Crippen LogP contribution is -2.19. The molecule has 0 fully saturated rings. The fraction of sp³-hybridized carbons (Fsp3) is 0.250. The van der Waals surface area contributed by atoms with Crippen LogP contribution in [0.15, 0.2) is 42.7 Å². The molecule has 3 heteroatoms. The first kappa shape index (κ1) is 9.93. The zero-order valence-electron chi connectivity index (χ0n) is 8.80. The van der Waals surface area contributed by atoms with Crippen molar-refractivity contribution in [1.29, 1.82) is 0 Å². The van der Waals surface area contributed by atoms with Crippen molar-refractivity contribution < 1.29 is 0 Å². The molecule has 0 aliphatic carbocycles. The van der Waals surface area contributed by atoms with Gasteiger partial charge in [-0.05, 0) is 31.0 Å². The van der Waals surface area contributed by atoms with Gasteiger partial charge in [-0.15, -0.1) is 0 Å². The van der Waals surface area contributed by atoms with Gasteiger partial charge in [0, 0.05) is 18.4 Å². The number of para-hydroxylation sites is 1. The Morgan fingerprint density at radius 3 is 2.80 bits per heavy atom. The molecule has 2 rings (SSSR count). The largest absolute Gasteiger partial charge is 0.328 e. The number of hydrogen-bond donors (Lipinski definition) is 1. The average molecular weight is 201 g/mol. The van der Waals surface area contributed by atoms with Crippen LogP contribution in [0.3, 0.4) is 0 Å². The van der Waals surface area contributed by atoms with Crippen molar-refractivity contribution in [1.82, 2.24) is 9.78 Å². The van der Waals surface area contributed by atoms with E-state index in [1.165, 1.54) is 5.56 Å². The van der Waals surface area contributed by atoms with E-state index in [2.05, 4.69) is 17.2 Å². The van der Waals surface area contributed by atoms with Gasteiger partial charge in [-0.3, -0.25) is 0 Å². The topological polar surface area (TPSA) is 43.8 Å². The predicted octanol–water partition coefficient (Wildman–Crippen LogP) is 1.76. The van der Waals surface area contributed by atoms with Gasteiger partial charge in [-0.25, -0.2) is 4.68 Å². The van der Waals surface area contributed by atoms with E-state index >= 15 is 0 Å². The van der Waals surface area contributed by atoms with E-state index in [1.807, 2.05) is 36.0 Å². The minimum Gasteiger partial charge on any atom is -0.328 e. The molecule has 3 nitrogen and oxygen atoms in total. The zero-order chi connectivity index (χ0) is 10.7. The summed E-state index contributed by atoms with van der Waals surface area (Å²) in [6.45, 7) is 2.01. The lowest BCUT2D eigenvalue weighted by Gasteiger charge is -2.11. The molecule has 0 bridgehead atoms. The van der Waals surface area contributed by atoms with Crippen LogP contribution in [0.1, 0.15) is 12.5 Å². The molecule has 0 unspecified atom stereocenters. The maximum Gasteiger partial charge on any atom is 0.0678 e. The summed E-state index contributed by atoms with van der Waals surface area (Å²) < 4.78 is 1.87. The van der Waals surface area contributed by atoms with Gasteiger partial charge in [0.25, 0.3) is 0 Å². The normalized spacial score (nSPS) is 12.7. The maximum atomic E-state index is 5.82. The summed E-state index contributed by atoms with van der Waals surface area (Å²) in [6.07, 6.45) is 4.60. The zero-order valence-corrected chi connectivity index (χ0v) is 8.80. The van der Waals surface area contributed by atoms with E-state index in [9.17, 15) is 0 Å². The van der Waals surface area contributed by atoms with Crippen molar-refractivity contribution in [2.75, 3.05) is 0 Å². The van der Waals surface area contributed by atoms with Crippen LogP contribution in [0, 0.1) is 0 Å². The Kier molecular flexibility index (Phi) is 2.83. The highest BCUT2D eigenvalue weighted by Gasteiger charge is 2.05. The van der Waals surface area contributed by atoms with Gasteiger partial charge in [0.05, 0.1) is 5.69 Å². The quantitative estimate of drug-likeness (QED) is 0.822. The van der Waals surface area contributed by atoms with E-state index in [4.69, 9.17) is 5.73 Å². The first-order chi connectivity index (χ1) is 7.27. The van der Waals surface area contributed by atoms with Gasteiger partial charge in [0.2, 0.25) is 0 Å². The molecule has 0 radical (unpaired) electrons. The lowest BCUT2D eigenvalue weighted by molar-refractivity contribution is 0.727. The fourth-order valence-corrected chi connectivity index (χ4v) is 1.67. The second-order valence-corrected chi connectivity index (χ2v) is 3.76. The Bertz CT molecular complexity index is 418. The van der Waals surface area contributed by atoms with Crippen molar-refractivity contribution in [3.05, 3.63) is 48.3 Å². The summed E-state index contributed by atoms with van der Waals surface area (Å²) in [7, 11) is 0. The molecule has 0 saturated heterocycles. The first-order valence-corrected chi connectivity index (χ1v) is 5.11. The van der Waals surface area contributed by atoms with Crippen LogP contribution in [0.4, 0.5) is 0 Å². The van der Waals surface area contributed by atoms with Crippen LogP contribution in [0.2, 0.25) is 0 Å². The van der Waals surface area contributed by atoms with Gasteiger partial charge in [-0.1, -0.05) is 18.2 Å². The van der Waals surface area contributed by atoms with E-state index in [1.54, 1.807) is 6.20 Å². The monoisotopic (exact) mass is 201 g/mol. The van der Waals surface area contributed by atoms with Crippen molar-refractivity contribution in [2.24, 2.45) is 5.73 Å². The summed E-state index contributed by atoms with van der Waals surface area (Å²) in [5.74, 6) is 0. The van der Waals surface area contributed by atoms with Gasteiger partial charge in [0.1, 0.15) is 0 Å². The van der Waals surface area contributed by atoms with Gasteiger partial charge >= 0.3 is 0 Å². The highest BCUT2D eigenvalue weighted by Crippen LogP contribution is 2.14. The number of nitrogens with two attached hydrogens (primary N) is 1. The molecule has 2 aromatic rings. The van der Waals surface area contributed by atoms with Crippen LogP contribution >= 0.6 is 0 Å². The molecule has 0 aliphatic heterocycles. The van der Waals surface area contributed by atoms with Crippen molar-refractivity contribution in [3.63, 3.8) is 0 Å². The standard InChI is InChI=1S/C12H15N3/c1-10(13)9-11-5-2-3-6-12(11)15-8-4-7-14-15/h2-8,10H,9,13H2,1H3/t10-/m0/s1. The van der Waals surface area contributed by atoms with Crippen molar-refractivity contribution in [2.45, 2.75) is 19.4 Å². The molecular weight excluding hydrogens is 186 g/mol. The minimum absolute atomic E-state index is 0.168. The van der Waals surface area contributed by atoms with Gasteiger partial charge in [-0.2, -0.15) is 5.10 Å². The third-order valence-corrected chi connectivity index (χ3v) is 2.28. The Labute approximate surface area is 89.5 Å². The molecule has 0 amide bonds. The van der Waals surface area contributed by atoms with Crippen LogP contribution < -0.4 is 5.73 Å². The van der Waals surface area contributed by atoms with E-state index in [0.29, 0.717) is 0 Å². The third-order valence-electron chi connectivity index (χ3n) is 2.28. The SMILES string of the molecule is C[C@H](N)Cc1ccccc1-n1cccn1.